The quantitative estimate of drug-likeness (QED) is 0.485. The van der Waals surface area contributed by atoms with Crippen LogP contribution in [0.15, 0.2) is 87.5 Å². The Kier molecular flexibility index (Phi) is 4.99. The number of halogens is 2. The van der Waals surface area contributed by atoms with Gasteiger partial charge in [0.2, 0.25) is 15.3 Å². The lowest BCUT2D eigenvalue weighted by molar-refractivity contribution is 0.510. The van der Waals surface area contributed by atoms with E-state index in [-0.39, 0.29) is 22.3 Å². The Labute approximate surface area is 172 Å². The van der Waals surface area contributed by atoms with Crippen molar-refractivity contribution in [1.29, 1.82) is 0 Å². The van der Waals surface area contributed by atoms with Gasteiger partial charge in [0.1, 0.15) is 4.90 Å². The van der Waals surface area contributed by atoms with Gasteiger partial charge in [-0.05, 0) is 30.7 Å². The molecular weight excluding hydrogens is 408 g/mol. The van der Waals surface area contributed by atoms with Gasteiger partial charge in [0.05, 0.1) is 15.8 Å². The number of aryl methyl sites for hydroxylation is 1. The van der Waals surface area contributed by atoms with E-state index < -0.39 is 31.8 Å². The lowest BCUT2D eigenvalue weighted by Gasteiger charge is -2.15. The molecule has 4 aromatic rings. The molecule has 0 bridgehead atoms. The molecule has 0 unspecified atom stereocenters. The van der Waals surface area contributed by atoms with E-state index in [1.165, 1.54) is 22.9 Å². The Bertz CT molecular complexity index is 1430. The summed E-state index contributed by atoms with van der Waals surface area (Å²) in [6, 6.07) is 16.7. The van der Waals surface area contributed by atoms with Gasteiger partial charge in [0.15, 0.2) is 11.6 Å². The van der Waals surface area contributed by atoms with Crippen LogP contribution in [0.5, 0.6) is 0 Å². The van der Waals surface area contributed by atoms with Crippen LogP contribution in [0, 0.1) is 18.6 Å². The SMILES string of the molecule is Cc1cccc(Cn2cc(S(=O)(=O)c3ccccc3)c(=O)c3cc(F)c(F)cc32)c1. The fourth-order valence-electron chi connectivity index (χ4n) is 3.41. The maximum Gasteiger partial charge on any atom is 0.211 e. The van der Waals surface area contributed by atoms with Crippen molar-refractivity contribution in [1.82, 2.24) is 4.57 Å². The molecule has 4 nitrogen and oxygen atoms in total. The number of hydrogen-bond acceptors (Lipinski definition) is 3. The minimum Gasteiger partial charge on any atom is -0.341 e. The van der Waals surface area contributed by atoms with Gasteiger partial charge in [-0.2, -0.15) is 0 Å². The molecule has 0 atom stereocenters. The average molecular weight is 425 g/mol. The summed E-state index contributed by atoms with van der Waals surface area (Å²) < 4.78 is 55.6. The Morgan fingerprint density at radius 3 is 2.30 bits per heavy atom. The summed E-state index contributed by atoms with van der Waals surface area (Å²) >= 11 is 0. The van der Waals surface area contributed by atoms with E-state index in [1.54, 1.807) is 18.2 Å². The van der Waals surface area contributed by atoms with Crippen molar-refractivity contribution in [2.75, 3.05) is 0 Å². The third-order valence-electron chi connectivity index (χ3n) is 4.87. The molecule has 0 saturated heterocycles. The second-order valence-electron chi connectivity index (χ2n) is 7.04. The van der Waals surface area contributed by atoms with Crippen LogP contribution >= 0.6 is 0 Å². The Morgan fingerprint density at radius 2 is 1.60 bits per heavy atom. The van der Waals surface area contributed by atoms with Crippen LogP contribution in [0.25, 0.3) is 10.9 Å². The number of nitrogens with zero attached hydrogens (tertiary/aromatic N) is 1. The highest BCUT2D eigenvalue weighted by Gasteiger charge is 2.24. The zero-order valence-electron chi connectivity index (χ0n) is 16.0. The topological polar surface area (TPSA) is 56.1 Å². The zero-order chi connectivity index (χ0) is 21.5. The molecule has 1 heterocycles. The lowest BCUT2D eigenvalue weighted by Crippen LogP contribution is -2.20. The molecule has 0 radical (unpaired) electrons. The highest BCUT2D eigenvalue weighted by Crippen LogP contribution is 2.23. The molecule has 0 fully saturated rings. The fourth-order valence-corrected chi connectivity index (χ4v) is 4.80. The highest BCUT2D eigenvalue weighted by molar-refractivity contribution is 7.91. The summed E-state index contributed by atoms with van der Waals surface area (Å²) in [7, 11) is -4.16. The van der Waals surface area contributed by atoms with E-state index in [9.17, 15) is 22.0 Å². The van der Waals surface area contributed by atoms with Gasteiger partial charge in [-0.3, -0.25) is 4.79 Å². The molecule has 0 aliphatic carbocycles. The molecule has 0 N–H and O–H groups in total. The number of pyridine rings is 1. The average Bonchev–Trinajstić information content (AvgIpc) is 2.72. The summed E-state index contributed by atoms with van der Waals surface area (Å²) in [6.07, 6.45) is 1.20. The molecule has 30 heavy (non-hydrogen) atoms. The minimum absolute atomic E-state index is 0.0499. The third kappa shape index (κ3) is 3.52. The number of sulfone groups is 1. The number of benzene rings is 3. The second kappa shape index (κ2) is 7.50. The number of fused-ring (bicyclic) bond motifs is 1. The second-order valence-corrected chi connectivity index (χ2v) is 8.96. The largest absolute Gasteiger partial charge is 0.341 e. The van der Waals surface area contributed by atoms with E-state index in [0.29, 0.717) is 0 Å². The van der Waals surface area contributed by atoms with Crippen LogP contribution in [0.3, 0.4) is 0 Å². The lowest BCUT2D eigenvalue weighted by atomic mass is 10.1. The van der Waals surface area contributed by atoms with Gasteiger partial charge in [-0.25, -0.2) is 17.2 Å². The Hall–Kier alpha value is -3.32. The van der Waals surface area contributed by atoms with Crippen molar-refractivity contribution in [2.45, 2.75) is 23.3 Å². The van der Waals surface area contributed by atoms with E-state index in [2.05, 4.69) is 0 Å². The van der Waals surface area contributed by atoms with Crippen LogP contribution in [0.4, 0.5) is 8.78 Å². The van der Waals surface area contributed by atoms with E-state index >= 15 is 0 Å². The summed E-state index contributed by atoms with van der Waals surface area (Å²) in [6.45, 7) is 2.09. The Morgan fingerprint density at radius 1 is 0.900 bits per heavy atom. The van der Waals surface area contributed by atoms with E-state index in [1.807, 2.05) is 31.2 Å². The summed E-state index contributed by atoms with van der Waals surface area (Å²) in [5.74, 6) is -2.32. The van der Waals surface area contributed by atoms with Crippen LogP contribution < -0.4 is 5.43 Å². The van der Waals surface area contributed by atoms with Gasteiger partial charge in [0, 0.05) is 18.8 Å². The monoisotopic (exact) mass is 425 g/mol. The number of rotatable bonds is 4. The van der Waals surface area contributed by atoms with Gasteiger partial charge in [-0.15, -0.1) is 0 Å². The molecular formula is C23H17F2NO3S. The van der Waals surface area contributed by atoms with Crippen LogP contribution in [0.2, 0.25) is 0 Å². The minimum atomic E-state index is -4.16. The summed E-state index contributed by atoms with van der Waals surface area (Å²) in [5.41, 5.74) is 1.07. The first-order valence-corrected chi connectivity index (χ1v) is 10.6. The molecule has 7 heteroatoms. The van der Waals surface area contributed by atoms with Crippen molar-refractivity contribution in [3.63, 3.8) is 0 Å². The predicted molar refractivity (Wildman–Crippen MR) is 110 cm³/mol. The maximum atomic E-state index is 14.0. The van der Waals surface area contributed by atoms with Gasteiger partial charge in [-0.1, -0.05) is 48.0 Å². The van der Waals surface area contributed by atoms with Crippen molar-refractivity contribution in [3.05, 3.63) is 106 Å². The van der Waals surface area contributed by atoms with Gasteiger partial charge in [0.25, 0.3) is 0 Å². The van der Waals surface area contributed by atoms with Crippen molar-refractivity contribution >= 4 is 20.7 Å². The molecule has 152 valence electrons. The standard InChI is InChI=1S/C23H17F2NO3S/c1-15-6-5-7-16(10-15)13-26-14-22(30(28,29)17-8-3-2-4-9-17)23(27)18-11-19(24)20(25)12-21(18)26/h2-12,14H,13H2,1H3. The molecule has 0 spiro atoms. The molecule has 1 aromatic heterocycles. The Balaban J connectivity index is 2.02. The van der Waals surface area contributed by atoms with Crippen molar-refractivity contribution in [3.8, 4) is 0 Å². The first-order chi connectivity index (χ1) is 14.3. The number of aromatic nitrogens is 1. The van der Waals surface area contributed by atoms with Crippen molar-refractivity contribution in [2.24, 2.45) is 0 Å². The molecule has 3 aromatic carbocycles. The van der Waals surface area contributed by atoms with Crippen LogP contribution in [-0.4, -0.2) is 13.0 Å². The predicted octanol–water partition coefficient (Wildman–Crippen LogP) is 4.47. The molecule has 0 aliphatic rings. The van der Waals surface area contributed by atoms with Gasteiger partial charge >= 0.3 is 0 Å². The summed E-state index contributed by atoms with van der Waals surface area (Å²) in [5, 5.41) is -0.196. The number of hydrogen-bond donors (Lipinski definition) is 0. The summed E-state index contributed by atoms with van der Waals surface area (Å²) in [4.78, 5) is 12.5. The first-order valence-electron chi connectivity index (χ1n) is 9.15. The maximum absolute atomic E-state index is 14.0. The zero-order valence-corrected chi connectivity index (χ0v) is 16.8. The van der Waals surface area contributed by atoms with E-state index in [4.69, 9.17) is 0 Å². The normalized spacial score (nSPS) is 11.7. The van der Waals surface area contributed by atoms with Crippen LogP contribution in [0.1, 0.15) is 11.1 Å². The van der Waals surface area contributed by atoms with Gasteiger partial charge < -0.3 is 4.57 Å². The van der Waals surface area contributed by atoms with E-state index in [0.717, 1.165) is 23.3 Å². The molecule has 4 rings (SSSR count). The molecule has 0 amide bonds. The van der Waals surface area contributed by atoms with Crippen LogP contribution in [-0.2, 0) is 16.4 Å². The first kappa shape index (κ1) is 20.0. The third-order valence-corrected chi connectivity index (χ3v) is 6.63. The van der Waals surface area contributed by atoms with Crippen molar-refractivity contribution < 1.29 is 17.2 Å². The molecule has 0 aliphatic heterocycles. The fraction of sp³-hybridized carbons (Fsp3) is 0.0870. The highest BCUT2D eigenvalue weighted by atomic mass is 32.2. The molecule has 0 saturated carbocycles. The smallest absolute Gasteiger partial charge is 0.211 e.